The average molecular weight is 717 g/mol. The second-order valence-electron chi connectivity index (χ2n) is 15.2. The quantitative estimate of drug-likeness (QED) is 0.163. The second-order valence-corrected chi connectivity index (χ2v) is 15.2. The van der Waals surface area contributed by atoms with Gasteiger partial charge in [0, 0.05) is 33.4 Å². The lowest BCUT2D eigenvalue weighted by Crippen LogP contribution is -2.14. The molecular formula is C54H40N2. The summed E-state index contributed by atoms with van der Waals surface area (Å²) in [7, 11) is 0. The Morgan fingerprint density at radius 2 is 0.821 bits per heavy atom. The molecule has 0 radical (unpaired) electrons. The van der Waals surface area contributed by atoms with E-state index in [2.05, 4.69) is 225 Å². The van der Waals surface area contributed by atoms with Gasteiger partial charge in [-0.1, -0.05) is 166 Å². The molecule has 1 aliphatic rings. The van der Waals surface area contributed by atoms with Gasteiger partial charge in [-0.05, 0) is 110 Å². The van der Waals surface area contributed by atoms with Gasteiger partial charge in [0.2, 0.25) is 0 Å². The first-order valence-electron chi connectivity index (χ1n) is 19.4. The van der Waals surface area contributed by atoms with Crippen molar-refractivity contribution in [2.24, 2.45) is 0 Å². The molecule has 1 aliphatic carbocycles. The van der Waals surface area contributed by atoms with Crippen LogP contribution in [0.4, 0.5) is 17.1 Å². The van der Waals surface area contributed by atoms with Crippen molar-refractivity contribution in [3.05, 3.63) is 217 Å². The lowest BCUT2D eigenvalue weighted by atomic mass is 9.81. The van der Waals surface area contributed by atoms with Crippen LogP contribution in [0.2, 0.25) is 0 Å². The number of nitrogens with zero attached hydrogens (tertiary/aromatic N) is 2. The lowest BCUT2D eigenvalue weighted by Gasteiger charge is -2.26. The Morgan fingerprint density at radius 1 is 0.357 bits per heavy atom. The fourth-order valence-corrected chi connectivity index (χ4v) is 8.53. The van der Waals surface area contributed by atoms with Gasteiger partial charge >= 0.3 is 0 Å². The van der Waals surface area contributed by atoms with E-state index >= 15 is 0 Å². The minimum absolute atomic E-state index is 0.0704. The van der Waals surface area contributed by atoms with Crippen molar-refractivity contribution in [3.8, 4) is 55.8 Å². The fourth-order valence-electron chi connectivity index (χ4n) is 8.53. The van der Waals surface area contributed by atoms with E-state index in [4.69, 9.17) is 4.98 Å². The number of rotatable bonds is 7. The van der Waals surface area contributed by atoms with Crippen LogP contribution in [0, 0.1) is 0 Å². The molecule has 0 amide bonds. The van der Waals surface area contributed by atoms with Gasteiger partial charge in [0.1, 0.15) is 0 Å². The van der Waals surface area contributed by atoms with Gasteiger partial charge in [-0.2, -0.15) is 0 Å². The Bertz CT molecular complexity index is 2750. The van der Waals surface area contributed by atoms with Crippen LogP contribution in [-0.4, -0.2) is 4.98 Å². The second kappa shape index (κ2) is 13.7. The third kappa shape index (κ3) is 5.88. The third-order valence-electron chi connectivity index (χ3n) is 11.5. The molecule has 0 fully saturated rings. The summed E-state index contributed by atoms with van der Waals surface area (Å²) < 4.78 is 0. The molecule has 1 aromatic heterocycles. The first-order chi connectivity index (χ1) is 27.5. The van der Waals surface area contributed by atoms with E-state index in [0.29, 0.717) is 0 Å². The number of pyridine rings is 1. The minimum Gasteiger partial charge on any atom is -0.311 e. The van der Waals surface area contributed by atoms with E-state index < -0.39 is 0 Å². The van der Waals surface area contributed by atoms with Gasteiger partial charge < -0.3 is 4.90 Å². The molecule has 266 valence electrons. The molecule has 10 rings (SSSR count). The first kappa shape index (κ1) is 33.5. The van der Waals surface area contributed by atoms with Crippen molar-refractivity contribution >= 4 is 28.0 Å². The smallest absolute Gasteiger partial charge is 0.0715 e. The van der Waals surface area contributed by atoms with Gasteiger partial charge in [0.25, 0.3) is 0 Å². The Balaban J connectivity index is 1.04. The van der Waals surface area contributed by atoms with Crippen LogP contribution in [-0.2, 0) is 5.41 Å². The highest BCUT2D eigenvalue weighted by atomic mass is 15.1. The molecule has 0 saturated carbocycles. The average Bonchev–Trinajstić information content (AvgIpc) is 3.50. The topological polar surface area (TPSA) is 16.1 Å². The van der Waals surface area contributed by atoms with Crippen LogP contribution >= 0.6 is 0 Å². The number of hydrogen-bond donors (Lipinski definition) is 0. The van der Waals surface area contributed by atoms with E-state index in [1.54, 1.807) is 0 Å². The predicted octanol–water partition coefficient (Wildman–Crippen LogP) is 14.7. The summed E-state index contributed by atoms with van der Waals surface area (Å²) in [6.45, 7) is 4.69. The van der Waals surface area contributed by atoms with Crippen LogP contribution in [0.1, 0.15) is 25.0 Å². The van der Waals surface area contributed by atoms with Gasteiger partial charge in [0.05, 0.1) is 11.2 Å². The maximum atomic E-state index is 5.22. The number of fused-ring (bicyclic) bond motifs is 4. The number of benzene rings is 8. The Morgan fingerprint density at radius 3 is 1.43 bits per heavy atom. The van der Waals surface area contributed by atoms with Gasteiger partial charge in [-0.3, -0.25) is 0 Å². The SMILES string of the molecule is CC1(C)c2ccccc2-c2ccc(-c3cc(-c4ccc(N(c5ccc(-c6ccccc6)cc5)c5ccc(-c6ccccc6)cc5)cc4)nc4ccccc34)cc21. The zero-order valence-corrected chi connectivity index (χ0v) is 31.5. The van der Waals surface area contributed by atoms with E-state index in [0.717, 1.165) is 39.2 Å². The maximum Gasteiger partial charge on any atom is 0.0715 e. The molecule has 2 nitrogen and oxygen atoms in total. The number of hydrogen-bond acceptors (Lipinski definition) is 2. The Labute approximate surface area is 329 Å². The lowest BCUT2D eigenvalue weighted by molar-refractivity contribution is 0.660. The molecule has 8 aromatic carbocycles. The highest BCUT2D eigenvalue weighted by Crippen LogP contribution is 2.50. The van der Waals surface area contributed by atoms with Crippen LogP contribution in [0.5, 0.6) is 0 Å². The molecule has 56 heavy (non-hydrogen) atoms. The third-order valence-corrected chi connectivity index (χ3v) is 11.5. The molecule has 9 aromatic rings. The van der Waals surface area contributed by atoms with Crippen LogP contribution in [0.25, 0.3) is 66.7 Å². The number of anilines is 3. The van der Waals surface area contributed by atoms with Crippen molar-refractivity contribution in [2.45, 2.75) is 19.3 Å². The van der Waals surface area contributed by atoms with Crippen molar-refractivity contribution in [3.63, 3.8) is 0 Å². The van der Waals surface area contributed by atoms with Crippen molar-refractivity contribution < 1.29 is 0 Å². The Hall–Kier alpha value is -7.03. The molecule has 1 heterocycles. The zero-order chi connectivity index (χ0) is 37.6. The summed E-state index contributed by atoms with van der Waals surface area (Å²) in [4.78, 5) is 7.55. The highest BCUT2D eigenvalue weighted by Gasteiger charge is 2.35. The largest absolute Gasteiger partial charge is 0.311 e. The zero-order valence-electron chi connectivity index (χ0n) is 31.5. The maximum absolute atomic E-state index is 5.22. The summed E-state index contributed by atoms with van der Waals surface area (Å²) in [6.07, 6.45) is 0. The Kier molecular flexibility index (Phi) is 8.19. The van der Waals surface area contributed by atoms with Gasteiger partial charge in [0.15, 0.2) is 0 Å². The molecule has 0 spiro atoms. The van der Waals surface area contributed by atoms with Crippen LogP contribution in [0.15, 0.2) is 206 Å². The normalized spacial score (nSPS) is 12.6. The summed E-state index contributed by atoms with van der Waals surface area (Å²) in [5.41, 5.74) is 18.9. The highest BCUT2D eigenvalue weighted by molar-refractivity contribution is 5.98. The summed E-state index contributed by atoms with van der Waals surface area (Å²) in [6, 6.07) is 74.3. The van der Waals surface area contributed by atoms with E-state index in [1.807, 2.05) is 0 Å². The summed E-state index contributed by atoms with van der Waals surface area (Å²) in [5.74, 6) is 0. The van der Waals surface area contributed by atoms with Crippen LogP contribution < -0.4 is 4.90 Å². The van der Waals surface area contributed by atoms with Crippen LogP contribution in [0.3, 0.4) is 0 Å². The summed E-state index contributed by atoms with van der Waals surface area (Å²) in [5, 5.41) is 1.16. The minimum atomic E-state index is -0.0704. The fraction of sp³-hybridized carbons (Fsp3) is 0.0556. The van der Waals surface area contributed by atoms with E-state index in [9.17, 15) is 0 Å². The molecule has 2 heteroatoms. The van der Waals surface area contributed by atoms with E-state index in [1.165, 1.54) is 55.6 Å². The number of aromatic nitrogens is 1. The first-order valence-corrected chi connectivity index (χ1v) is 19.4. The van der Waals surface area contributed by atoms with Crippen molar-refractivity contribution in [1.29, 1.82) is 0 Å². The molecule has 0 unspecified atom stereocenters. The molecule has 0 saturated heterocycles. The molecule has 0 atom stereocenters. The van der Waals surface area contributed by atoms with E-state index in [-0.39, 0.29) is 5.41 Å². The van der Waals surface area contributed by atoms with Gasteiger partial charge in [-0.15, -0.1) is 0 Å². The standard InChI is InChI=1S/C54H40N2/c1-54(2)50-19-11-9-17-46(50)47-34-27-42(35-51(47)54)49-36-53(55-52-20-12-10-18-48(49)52)41-25-32-45(33-26-41)56(43-28-21-39(22-29-43)37-13-5-3-6-14-37)44-30-23-40(24-31-44)38-15-7-4-8-16-38/h3-36H,1-2H3. The summed E-state index contributed by atoms with van der Waals surface area (Å²) >= 11 is 0. The molecule has 0 aliphatic heterocycles. The predicted molar refractivity (Wildman–Crippen MR) is 236 cm³/mol. The monoisotopic (exact) mass is 716 g/mol. The van der Waals surface area contributed by atoms with Crippen molar-refractivity contribution in [1.82, 2.24) is 4.98 Å². The molecular weight excluding hydrogens is 677 g/mol. The van der Waals surface area contributed by atoms with Crippen molar-refractivity contribution in [2.75, 3.05) is 4.90 Å². The molecule has 0 N–H and O–H groups in total. The van der Waals surface area contributed by atoms with Gasteiger partial charge in [-0.25, -0.2) is 4.98 Å². The molecule has 0 bridgehead atoms. The number of para-hydroxylation sites is 1.